The number of phenolic OH excluding ortho intramolecular Hbond substituents is 1. The van der Waals surface area contributed by atoms with E-state index in [4.69, 9.17) is 23.2 Å². The van der Waals surface area contributed by atoms with Gasteiger partial charge in [0.25, 0.3) is 5.91 Å². The zero-order valence-electron chi connectivity index (χ0n) is 10.5. The monoisotopic (exact) mass is 313 g/mol. The van der Waals surface area contributed by atoms with Gasteiger partial charge in [0.2, 0.25) is 0 Å². The van der Waals surface area contributed by atoms with E-state index in [2.05, 4.69) is 10.4 Å². The summed E-state index contributed by atoms with van der Waals surface area (Å²) in [6.07, 6.45) is 4.27. The minimum absolute atomic E-state index is 0.0372. The molecule has 1 aromatic carbocycles. The molecule has 0 unspecified atom stereocenters. The van der Waals surface area contributed by atoms with Crippen molar-refractivity contribution in [2.75, 3.05) is 6.54 Å². The Bertz CT molecular complexity index is 577. The minimum atomic E-state index is -0.426. The lowest BCUT2D eigenvalue weighted by molar-refractivity contribution is 0.0950. The van der Waals surface area contributed by atoms with E-state index >= 15 is 0 Å². The highest BCUT2D eigenvalue weighted by Crippen LogP contribution is 2.29. The Hall–Kier alpha value is -1.72. The maximum Gasteiger partial charge on any atom is 0.256 e. The quantitative estimate of drug-likeness (QED) is 0.834. The van der Waals surface area contributed by atoms with Gasteiger partial charge in [-0.05, 0) is 24.6 Å². The van der Waals surface area contributed by atoms with Crippen molar-refractivity contribution in [3.63, 3.8) is 0 Å². The van der Waals surface area contributed by atoms with Crippen LogP contribution in [0.15, 0.2) is 30.6 Å². The van der Waals surface area contributed by atoms with E-state index in [-0.39, 0.29) is 21.4 Å². The van der Waals surface area contributed by atoms with Gasteiger partial charge in [-0.1, -0.05) is 23.2 Å². The fourth-order valence-corrected chi connectivity index (χ4v) is 2.32. The van der Waals surface area contributed by atoms with Crippen LogP contribution in [0, 0.1) is 0 Å². The fourth-order valence-electron chi connectivity index (χ4n) is 1.75. The lowest BCUT2D eigenvalue weighted by Gasteiger charge is -2.09. The summed E-state index contributed by atoms with van der Waals surface area (Å²) in [7, 11) is 0. The van der Waals surface area contributed by atoms with Crippen molar-refractivity contribution < 1.29 is 9.90 Å². The van der Waals surface area contributed by atoms with Crippen LogP contribution in [0.25, 0.3) is 0 Å². The Morgan fingerprint density at radius 1 is 1.40 bits per heavy atom. The Morgan fingerprint density at radius 3 is 2.85 bits per heavy atom. The van der Waals surface area contributed by atoms with Gasteiger partial charge in [0.1, 0.15) is 5.75 Å². The average Bonchev–Trinajstić information content (AvgIpc) is 2.86. The summed E-state index contributed by atoms with van der Waals surface area (Å²) in [6.45, 7) is 1.16. The molecule has 0 spiro atoms. The maximum absolute atomic E-state index is 11.9. The van der Waals surface area contributed by atoms with Crippen LogP contribution in [0.3, 0.4) is 0 Å². The van der Waals surface area contributed by atoms with E-state index in [0.717, 1.165) is 6.42 Å². The van der Waals surface area contributed by atoms with Crippen LogP contribution >= 0.6 is 23.2 Å². The Kier molecular flexibility index (Phi) is 4.87. The van der Waals surface area contributed by atoms with Crippen molar-refractivity contribution >= 4 is 29.1 Å². The van der Waals surface area contributed by atoms with Crippen LogP contribution < -0.4 is 5.32 Å². The van der Waals surface area contributed by atoms with Gasteiger partial charge in [-0.15, -0.1) is 0 Å². The molecule has 2 N–H and O–H groups in total. The molecule has 0 bridgehead atoms. The van der Waals surface area contributed by atoms with E-state index < -0.39 is 5.91 Å². The van der Waals surface area contributed by atoms with E-state index in [9.17, 15) is 9.90 Å². The number of rotatable bonds is 5. The molecule has 0 atom stereocenters. The summed E-state index contributed by atoms with van der Waals surface area (Å²) in [5.74, 6) is -0.656. The lowest BCUT2D eigenvalue weighted by atomic mass is 10.2. The number of carbonyl (C=O) groups excluding carboxylic acids is 1. The standard InChI is InChI=1S/C13H13Cl2N3O2/c14-9-7-10(15)12(11(19)8-9)13(20)16-3-1-5-18-6-2-4-17-18/h2,4,6-8,19H,1,3,5H2,(H,16,20). The first-order valence-corrected chi connectivity index (χ1v) is 6.77. The maximum atomic E-state index is 11.9. The highest BCUT2D eigenvalue weighted by molar-refractivity contribution is 6.37. The second kappa shape index (κ2) is 6.63. The normalized spacial score (nSPS) is 10.5. The molecule has 20 heavy (non-hydrogen) atoms. The van der Waals surface area contributed by atoms with Gasteiger partial charge in [0, 0.05) is 30.5 Å². The van der Waals surface area contributed by atoms with E-state index in [1.807, 2.05) is 12.3 Å². The number of nitrogens with zero attached hydrogens (tertiary/aromatic N) is 2. The number of hydrogen-bond acceptors (Lipinski definition) is 3. The van der Waals surface area contributed by atoms with Crippen molar-refractivity contribution in [1.82, 2.24) is 15.1 Å². The molecular weight excluding hydrogens is 301 g/mol. The van der Waals surface area contributed by atoms with E-state index in [1.165, 1.54) is 12.1 Å². The number of hydrogen-bond donors (Lipinski definition) is 2. The molecule has 7 heteroatoms. The average molecular weight is 314 g/mol. The molecule has 0 saturated heterocycles. The first-order chi connectivity index (χ1) is 9.58. The number of aromatic hydroxyl groups is 1. The molecule has 1 amide bonds. The van der Waals surface area contributed by atoms with Crippen molar-refractivity contribution in [3.8, 4) is 5.75 Å². The summed E-state index contributed by atoms with van der Waals surface area (Å²) < 4.78 is 1.78. The van der Waals surface area contributed by atoms with E-state index in [1.54, 1.807) is 10.9 Å². The fraction of sp³-hybridized carbons (Fsp3) is 0.231. The van der Waals surface area contributed by atoms with Crippen molar-refractivity contribution in [1.29, 1.82) is 0 Å². The molecule has 0 saturated carbocycles. The molecule has 0 aliphatic rings. The minimum Gasteiger partial charge on any atom is -0.507 e. The van der Waals surface area contributed by atoms with E-state index in [0.29, 0.717) is 13.1 Å². The Balaban J connectivity index is 1.89. The number of phenols is 1. The summed E-state index contributed by atoms with van der Waals surface area (Å²) in [5.41, 5.74) is 0.0372. The SMILES string of the molecule is O=C(NCCCn1cccn1)c1c(O)cc(Cl)cc1Cl. The van der Waals surface area contributed by atoms with Crippen LogP contribution in [0.1, 0.15) is 16.8 Å². The molecule has 2 rings (SSSR count). The number of nitrogens with one attached hydrogen (secondary N) is 1. The van der Waals surface area contributed by atoms with Gasteiger partial charge in [0.15, 0.2) is 0 Å². The smallest absolute Gasteiger partial charge is 0.256 e. The first kappa shape index (κ1) is 14.7. The zero-order chi connectivity index (χ0) is 14.5. The molecule has 0 radical (unpaired) electrons. The second-order valence-electron chi connectivity index (χ2n) is 4.16. The number of amides is 1. The molecule has 106 valence electrons. The topological polar surface area (TPSA) is 67.2 Å². The zero-order valence-corrected chi connectivity index (χ0v) is 12.0. The number of aryl methyl sites for hydroxylation is 1. The molecule has 1 heterocycles. The predicted molar refractivity (Wildman–Crippen MR) is 77.3 cm³/mol. The largest absolute Gasteiger partial charge is 0.507 e. The van der Waals surface area contributed by atoms with Crippen LogP contribution in [0.2, 0.25) is 10.0 Å². The van der Waals surface area contributed by atoms with Crippen LogP contribution in [0.4, 0.5) is 0 Å². The predicted octanol–water partition coefficient (Wildman–Crippen LogP) is 2.72. The molecule has 2 aromatic rings. The third-order valence-electron chi connectivity index (χ3n) is 2.67. The summed E-state index contributed by atoms with van der Waals surface area (Å²) in [4.78, 5) is 11.9. The van der Waals surface area contributed by atoms with Crippen molar-refractivity contribution in [2.24, 2.45) is 0 Å². The van der Waals surface area contributed by atoms with Gasteiger partial charge in [0.05, 0.1) is 10.6 Å². The second-order valence-corrected chi connectivity index (χ2v) is 5.00. The molecular formula is C13H13Cl2N3O2. The molecule has 5 nitrogen and oxygen atoms in total. The van der Waals surface area contributed by atoms with Gasteiger partial charge in [-0.3, -0.25) is 9.48 Å². The number of benzene rings is 1. The molecule has 1 aromatic heterocycles. The van der Waals surface area contributed by atoms with Gasteiger partial charge < -0.3 is 10.4 Å². The Morgan fingerprint density at radius 2 is 2.20 bits per heavy atom. The number of carbonyl (C=O) groups is 1. The van der Waals surface area contributed by atoms with Crippen LogP contribution in [-0.4, -0.2) is 27.3 Å². The third-order valence-corrected chi connectivity index (χ3v) is 3.19. The van der Waals surface area contributed by atoms with Crippen molar-refractivity contribution in [2.45, 2.75) is 13.0 Å². The van der Waals surface area contributed by atoms with Crippen LogP contribution in [0.5, 0.6) is 5.75 Å². The van der Waals surface area contributed by atoms with Gasteiger partial charge >= 0.3 is 0 Å². The van der Waals surface area contributed by atoms with Crippen molar-refractivity contribution in [3.05, 3.63) is 46.2 Å². The number of aromatic nitrogens is 2. The Labute approximate surface area is 126 Å². The summed E-state index contributed by atoms with van der Waals surface area (Å²) in [5, 5.41) is 16.9. The molecule has 0 aliphatic carbocycles. The third kappa shape index (κ3) is 3.65. The van der Waals surface area contributed by atoms with Gasteiger partial charge in [-0.2, -0.15) is 5.10 Å². The summed E-state index contributed by atoms with van der Waals surface area (Å²) >= 11 is 11.6. The summed E-state index contributed by atoms with van der Waals surface area (Å²) in [6, 6.07) is 4.54. The number of halogens is 2. The molecule has 0 fully saturated rings. The lowest BCUT2D eigenvalue weighted by Crippen LogP contribution is -2.25. The highest BCUT2D eigenvalue weighted by atomic mass is 35.5. The molecule has 0 aliphatic heterocycles. The van der Waals surface area contributed by atoms with Gasteiger partial charge in [-0.25, -0.2) is 0 Å². The highest BCUT2D eigenvalue weighted by Gasteiger charge is 2.16. The first-order valence-electron chi connectivity index (χ1n) is 6.01. The van der Waals surface area contributed by atoms with Crippen LogP contribution in [-0.2, 0) is 6.54 Å².